The lowest BCUT2D eigenvalue weighted by Crippen LogP contribution is -2.22. The molecule has 1 aliphatic rings. The molecule has 0 bridgehead atoms. The van der Waals surface area contributed by atoms with Crippen molar-refractivity contribution >= 4 is 10.8 Å². The van der Waals surface area contributed by atoms with Gasteiger partial charge < -0.3 is 0 Å². The van der Waals surface area contributed by atoms with Crippen LogP contribution in [0.2, 0.25) is 0 Å². The van der Waals surface area contributed by atoms with Crippen LogP contribution in [0.25, 0.3) is 10.8 Å². The summed E-state index contributed by atoms with van der Waals surface area (Å²) in [6.07, 6.45) is 6.36. The van der Waals surface area contributed by atoms with E-state index in [0.717, 1.165) is 44.1 Å². The highest BCUT2D eigenvalue weighted by Crippen LogP contribution is 2.45. The third-order valence-electron chi connectivity index (χ3n) is 6.19. The Hall–Kier alpha value is -2.29. The molecule has 3 aromatic rings. The molecule has 0 saturated heterocycles. The lowest BCUT2D eigenvalue weighted by molar-refractivity contribution is 0.365. The summed E-state index contributed by atoms with van der Waals surface area (Å²) in [5.41, 5.74) is 2.95. The van der Waals surface area contributed by atoms with Gasteiger partial charge >= 0.3 is 0 Å². The molecule has 3 heteroatoms. The molecule has 0 saturated carbocycles. The maximum absolute atomic E-state index is 14.0. The molecule has 146 valence electrons. The van der Waals surface area contributed by atoms with Gasteiger partial charge in [0.15, 0.2) is 17.5 Å². The number of fused-ring (bicyclic) bond motifs is 3. The Bertz CT molecular complexity index is 969. The van der Waals surface area contributed by atoms with Gasteiger partial charge in [-0.05, 0) is 64.8 Å². The SMILES string of the molecule is CCCCC[C@@H]1CCc2c(ccc3ccccc23)[C@H]1c1cc(F)c(F)c(F)c1. The standard InChI is InChI=1S/C25H25F3/c1-2-3-4-8-17-11-12-20-19-9-6-5-7-16(19)10-13-21(20)24(17)18-14-22(26)25(28)23(27)15-18/h5-7,9-10,13-15,17,24H,2-4,8,11-12H2,1H3/t17-,24-/m1/s1. The summed E-state index contributed by atoms with van der Waals surface area (Å²) in [6, 6.07) is 14.8. The first-order chi connectivity index (χ1) is 13.6. The highest BCUT2D eigenvalue weighted by Gasteiger charge is 2.32. The van der Waals surface area contributed by atoms with E-state index in [2.05, 4.69) is 31.2 Å². The largest absolute Gasteiger partial charge is 0.204 e. The lowest BCUT2D eigenvalue weighted by atomic mass is 9.69. The molecule has 4 rings (SSSR count). The molecule has 0 aromatic heterocycles. The second kappa shape index (κ2) is 7.98. The Morgan fingerprint density at radius 1 is 0.929 bits per heavy atom. The Labute approximate surface area is 164 Å². The minimum absolute atomic E-state index is 0.102. The van der Waals surface area contributed by atoms with E-state index in [1.165, 1.54) is 28.5 Å². The van der Waals surface area contributed by atoms with Crippen molar-refractivity contribution in [1.82, 2.24) is 0 Å². The molecule has 3 aromatic carbocycles. The van der Waals surface area contributed by atoms with Crippen LogP contribution in [0.3, 0.4) is 0 Å². The Kier molecular flexibility index (Phi) is 5.43. The molecule has 1 aliphatic carbocycles. The van der Waals surface area contributed by atoms with Gasteiger partial charge in [0.05, 0.1) is 0 Å². The summed E-state index contributed by atoms with van der Waals surface area (Å²) in [5, 5.41) is 2.39. The fourth-order valence-corrected chi connectivity index (χ4v) is 4.85. The van der Waals surface area contributed by atoms with E-state index >= 15 is 0 Å². The molecule has 0 unspecified atom stereocenters. The monoisotopic (exact) mass is 382 g/mol. The maximum Gasteiger partial charge on any atom is 0.194 e. The summed E-state index contributed by atoms with van der Waals surface area (Å²) < 4.78 is 41.7. The molecule has 28 heavy (non-hydrogen) atoms. The molecule has 0 N–H and O–H groups in total. The highest BCUT2D eigenvalue weighted by molar-refractivity contribution is 5.87. The first kappa shape index (κ1) is 19.0. The zero-order valence-corrected chi connectivity index (χ0v) is 16.2. The fraction of sp³-hybridized carbons (Fsp3) is 0.360. The summed E-state index contributed by atoms with van der Waals surface area (Å²) in [7, 11) is 0. The van der Waals surface area contributed by atoms with E-state index in [1.807, 2.05) is 12.1 Å². The van der Waals surface area contributed by atoms with Crippen LogP contribution in [0, 0.1) is 23.4 Å². The molecule has 0 fully saturated rings. The molecule has 0 amide bonds. The molecular weight excluding hydrogens is 357 g/mol. The van der Waals surface area contributed by atoms with Crippen molar-refractivity contribution in [2.45, 2.75) is 51.4 Å². The van der Waals surface area contributed by atoms with Gasteiger partial charge in [0, 0.05) is 5.92 Å². The second-order valence-corrected chi connectivity index (χ2v) is 7.93. The van der Waals surface area contributed by atoms with E-state index in [9.17, 15) is 13.2 Å². The summed E-state index contributed by atoms with van der Waals surface area (Å²) in [5.74, 6) is -3.38. The van der Waals surface area contributed by atoms with E-state index in [1.54, 1.807) is 0 Å². The highest BCUT2D eigenvalue weighted by atomic mass is 19.2. The maximum atomic E-state index is 14.0. The van der Waals surface area contributed by atoms with Crippen LogP contribution in [0.15, 0.2) is 48.5 Å². The first-order valence-electron chi connectivity index (χ1n) is 10.2. The van der Waals surface area contributed by atoms with Crippen molar-refractivity contribution in [1.29, 1.82) is 0 Å². The molecule has 0 radical (unpaired) electrons. The molecular formula is C25H25F3. The first-order valence-corrected chi connectivity index (χ1v) is 10.2. The summed E-state index contributed by atoms with van der Waals surface area (Å²) >= 11 is 0. The Morgan fingerprint density at radius 3 is 2.43 bits per heavy atom. The van der Waals surface area contributed by atoms with Crippen molar-refractivity contribution < 1.29 is 13.2 Å². The van der Waals surface area contributed by atoms with E-state index in [-0.39, 0.29) is 5.92 Å². The van der Waals surface area contributed by atoms with E-state index in [0.29, 0.717) is 11.5 Å². The molecule has 2 atom stereocenters. The van der Waals surface area contributed by atoms with Crippen LogP contribution in [0.4, 0.5) is 13.2 Å². The van der Waals surface area contributed by atoms with Gasteiger partial charge in [-0.15, -0.1) is 0 Å². The van der Waals surface area contributed by atoms with Crippen molar-refractivity contribution in [3.8, 4) is 0 Å². The van der Waals surface area contributed by atoms with Crippen LogP contribution in [0.1, 0.15) is 61.6 Å². The molecule has 0 nitrogen and oxygen atoms in total. The van der Waals surface area contributed by atoms with E-state index < -0.39 is 17.5 Å². The number of halogens is 3. The zero-order chi connectivity index (χ0) is 19.7. The number of aryl methyl sites for hydroxylation is 1. The van der Waals surface area contributed by atoms with Crippen LogP contribution in [-0.4, -0.2) is 0 Å². The van der Waals surface area contributed by atoms with Crippen LogP contribution >= 0.6 is 0 Å². The van der Waals surface area contributed by atoms with Crippen molar-refractivity contribution in [3.63, 3.8) is 0 Å². The Balaban J connectivity index is 1.84. The van der Waals surface area contributed by atoms with Crippen molar-refractivity contribution in [2.75, 3.05) is 0 Å². The van der Waals surface area contributed by atoms with Gasteiger partial charge in [-0.25, -0.2) is 13.2 Å². The molecule has 0 aliphatic heterocycles. The molecule has 0 heterocycles. The quantitative estimate of drug-likeness (QED) is 0.316. The van der Waals surface area contributed by atoms with Crippen LogP contribution < -0.4 is 0 Å². The second-order valence-electron chi connectivity index (χ2n) is 7.93. The average Bonchev–Trinajstić information content (AvgIpc) is 2.71. The minimum Gasteiger partial charge on any atom is -0.204 e. The van der Waals surface area contributed by atoms with Gasteiger partial charge in [-0.1, -0.05) is 62.6 Å². The Morgan fingerprint density at radius 2 is 1.68 bits per heavy atom. The predicted octanol–water partition coefficient (Wildman–Crippen LogP) is 7.53. The van der Waals surface area contributed by atoms with Gasteiger partial charge in [0.2, 0.25) is 0 Å². The third-order valence-corrected chi connectivity index (χ3v) is 6.19. The topological polar surface area (TPSA) is 0 Å². The van der Waals surface area contributed by atoms with Crippen molar-refractivity contribution in [3.05, 3.63) is 82.7 Å². The number of rotatable bonds is 5. The smallest absolute Gasteiger partial charge is 0.194 e. The minimum atomic E-state index is -1.39. The van der Waals surface area contributed by atoms with Crippen LogP contribution in [-0.2, 0) is 6.42 Å². The third kappa shape index (κ3) is 3.43. The average molecular weight is 382 g/mol. The lowest BCUT2D eigenvalue weighted by Gasteiger charge is -2.35. The number of unbranched alkanes of at least 4 members (excludes halogenated alkanes) is 2. The predicted molar refractivity (Wildman–Crippen MR) is 108 cm³/mol. The van der Waals surface area contributed by atoms with E-state index in [4.69, 9.17) is 0 Å². The number of hydrogen-bond donors (Lipinski definition) is 0. The number of hydrogen-bond acceptors (Lipinski definition) is 0. The van der Waals surface area contributed by atoms with Gasteiger partial charge in [0.25, 0.3) is 0 Å². The zero-order valence-electron chi connectivity index (χ0n) is 16.2. The molecule has 0 spiro atoms. The normalized spacial score (nSPS) is 19.0. The fourth-order valence-electron chi connectivity index (χ4n) is 4.85. The van der Waals surface area contributed by atoms with Gasteiger partial charge in [-0.2, -0.15) is 0 Å². The summed E-state index contributed by atoms with van der Waals surface area (Å²) in [4.78, 5) is 0. The van der Waals surface area contributed by atoms with Crippen LogP contribution in [0.5, 0.6) is 0 Å². The van der Waals surface area contributed by atoms with Crippen molar-refractivity contribution in [2.24, 2.45) is 5.92 Å². The number of benzene rings is 3. The summed E-state index contributed by atoms with van der Waals surface area (Å²) in [6.45, 7) is 2.17. The van der Waals surface area contributed by atoms with Gasteiger partial charge in [0.1, 0.15) is 0 Å². The van der Waals surface area contributed by atoms with Gasteiger partial charge in [-0.3, -0.25) is 0 Å².